The molecule has 4 aromatic rings. The highest BCUT2D eigenvalue weighted by molar-refractivity contribution is 7.13. The summed E-state index contributed by atoms with van der Waals surface area (Å²) in [6, 6.07) is 17.7. The third kappa shape index (κ3) is 6.17. The van der Waals surface area contributed by atoms with E-state index in [1.807, 2.05) is 35.7 Å². The predicted molar refractivity (Wildman–Crippen MR) is 129 cm³/mol. The molecule has 2 aromatic carbocycles. The first-order valence-corrected chi connectivity index (χ1v) is 11.5. The molecule has 0 bridgehead atoms. The van der Waals surface area contributed by atoms with Crippen LogP contribution in [0.3, 0.4) is 0 Å². The van der Waals surface area contributed by atoms with Crippen LogP contribution in [0.5, 0.6) is 11.5 Å². The Morgan fingerprint density at radius 2 is 1.79 bits per heavy atom. The van der Waals surface area contributed by atoms with Gasteiger partial charge < -0.3 is 14.8 Å². The quantitative estimate of drug-likeness (QED) is 0.383. The van der Waals surface area contributed by atoms with Gasteiger partial charge in [0, 0.05) is 29.9 Å². The lowest BCUT2D eigenvalue weighted by Gasteiger charge is -2.12. The first kappa shape index (κ1) is 22.5. The van der Waals surface area contributed by atoms with E-state index in [0.717, 1.165) is 27.4 Å². The van der Waals surface area contributed by atoms with E-state index in [1.165, 1.54) is 5.56 Å². The van der Waals surface area contributed by atoms with Gasteiger partial charge in [-0.05, 0) is 42.3 Å². The number of ether oxygens (including phenoxy) is 2. The molecule has 0 saturated heterocycles. The number of hydrogen-bond acceptors (Lipinski definition) is 6. The third-order valence-electron chi connectivity index (χ3n) is 5.05. The number of nitrogens with zero attached hydrogens (tertiary/aromatic N) is 2. The molecule has 2 heterocycles. The molecule has 0 aliphatic heterocycles. The van der Waals surface area contributed by atoms with Crippen molar-refractivity contribution in [2.45, 2.75) is 26.5 Å². The van der Waals surface area contributed by atoms with Gasteiger partial charge in [-0.25, -0.2) is 4.98 Å². The molecule has 0 radical (unpaired) electrons. The highest BCUT2D eigenvalue weighted by Gasteiger charge is 2.11. The largest absolute Gasteiger partial charge is 0.493 e. The zero-order valence-corrected chi connectivity index (χ0v) is 19.4. The number of rotatable bonds is 9. The number of methoxy groups -OCH3 is 1. The second-order valence-corrected chi connectivity index (χ2v) is 8.45. The average Bonchev–Trinajstić information content (AvgIpc) is 3.31. The van der Waals surface area contributed by atoms with Gasteiger partial charge in [-0.1, -0.05) is 35.9 Å². The lowest BCUT2D eigenvalue weighted by atomic mass is 10.2. The summed E-state index contributed by atoms with van der Waals surface area (Å²) in [5.41, 5.74) is 4.99. The van der Waals surface area contributed by atoms with Crippen LogP contribution in [0, 0.1) is 6.92 Å². The summed E-state index contributed by atoms with van der Waals surface area (Å²) in [5.74, 6) is 1.20. The molecule has 33 heavy (non-hydrogen) atoms. The summed E-state index contributed by atoms with van der Waals surface area (Å²) in [7, 11) is 1.60. The van der Waals surface area contributed by atoms with Crippen LogP contribution in [0.2, 0.25) is 0 Å². The van der Waals surface area contributed by atoms with E-state index in [9.17, 15) is 4.79 Å². The van der Waals surface area contributed by atoms with Crippen LogP contribution in [0.25, 0.3) is 10.6 Å². The molecule has 0 unspecified atom stereocenters. The van der Waals surface area contributed by atoms with Crippen molar-refractivity contribution in [2.24, 2.45) is 0 Å². The number of nitrogens with one attached hydrogen (secondary N) is 1. The molecule has 168 valence electrons. The Labute approximate surface area is 197 Å². The number of aromatic nitrogens is 2. The van der Waals surface area contributed by atoms with E-state index in [0.29, 0.717) is 24.7 Å². The molecular weight excluding hydrogens is 434 g/mol. The maximum absolute atomic E-state index is 12.4. The van der Waals surface area contributed by atoms with Crippen LogP contribution < -0.4 is 14.8 Å². The number of thiazole rings is 1. The van der Waals surface area contributed by atoms with Crippen molar-refractivity contribution in [1.82, 2.24) is 15.3 Å². The first-order chi connectivity index (χ1) is 16.1. The molecule has 0 saturated carbocycles. The number of carbonyl (C=O) groups excluding carboxylic acids is 1. The van der Waals surface area contributed by atoms with E-state index in [-0.39, 0.29) is 12.3 Å². The van der Waals surface area contributed by atoms with Gasteiger partial charge in [0.2, 0.25) is 5.91 Å². The number of hydrogen-bond donors (Lipinski definition) is 1. The van der Waals surface area contributed by atoms with E-state index in [4.69, 9.17) is 9.47 Å². The van der Waals surface area contributed by atoms with Crippen LogP contribution in [0.15, 0.2) is 72.4 Å². The Kier molecular flexibility index (Phi) is 7.32. The van der Waals surface area contributed by atoms with Gasteiger partial charge in [-0.3, -0.25) is 9.78 Å². The van der Waals surface area contributed by atoms with Gasteiger partial charge in [-0.15, -0.1) is 11.3 Å². The molecule has 0 aliphatic carbocycles. The van der Waals surface area contributed by atoms with Gasteiger partial charge in [0.25, 0.3) is 0 Å². The fraction of sp³-hybridized carbons (Fsp3) is 0.192. The predicted octanol–water partition coefficient (Wildman–Crippen LogP) is 4.96. The highest BCUT2D eigenvalue weighted by atomic mass is 32.1. The number of pyridine rings is 1. The van der Waals surface area contributed by atoms with Crippen molar-refractivity contribution in [1.29, 1.82) is 0 Å². The first-order valence-electron chi connectivity index (χ1n) is 10.6. The molecule has 1 amide bonds. The Balaban J connectivity index is 1.31. The number of amides is 1. The number of carbonyl (C=O) groups is 1. The molecule has 2 aromatic heterocycles. The van der Waals surface area contributed by atoms with Crippen molar-refractivity contribution in [3.05, 3.63) is 94.8 Å². The second kappa shape index (κ2) is 10.7. The van der Waals surface area contributed by atoms with Crippen molar-refractivity contribution in [3.8, 4) is 22.1 Å². The molecule has 0 fully saturated rings. The van der Waals surface area contributed by atoms with E-state index in [1.54, 1.807) is 30.8 Å². The van der Waals surface area contributed by atoms with Crippen LogP contribution in [0.1, 0.15) is 22.4 Å². The minimum Gasteiger partial charge on any atom is -0.493 e. The Morgan fingerprint density at radius 1 is 1.00 bits per heavy atom. The zero-order chi connectivity index (χ0) is 23.0. The van der Waals surface area contributed by atoms with Crippen LogP contribution >= 0.6 is 11.3 Å². The lowest BCUT2D eigenvalue weighted by Crippen LogP contribution is -2.24. The molecular formula is C26H25N3O3S. The summed E-state index contributed by atoms with van der Waals surface area (Å²) in [4.78, 5) is 21.1. The van der Waals surface area contributed by atoms with Gasteiger partial charge in [0.1, 0.15) is 11.6 Å². The topological polar surface area (TPSA) is 73.3 Å². The van der Waals surface area contributed by atoms with Gasteiger partial charge >= 0.3 is 0 Å². The van der Waals surface area contributed by atoms with E-state index < -0.39 is 0 Å². The van der Waals surface area contributed by atoms with Crippen LogP contribution in [-0.4, -0.2) is 23.0 Å². The van der Waals surface area contributed by atoms with E-state index >= 15 is 0 Å². The molecule has 1 N–H and O–H groups in total. The number of benzene rings is 2. The Morgan fingerprint density at radius 3 is 2.55 bits per heavy atom. The third-order valence-corrected chi connectivity index (χ3v) is 5.99. The SMILES string of the molecule is COc1cc(CNC(=O)Cc2csc(-c3ccc(C)cc3)n2)ccc1OCc1ccncc1. The van der Waals surface area contributed by atoms with Gasteiger partial charge in [0.15, 0.2) is 11.5 Å². The van der Waals surface area contributed by atoms with Crippen LogP contribution in [-0.2, 0) is 24.4 Å². The molecule has 4 rings (SSSR count). The zero-order valence-electron chi connectivity index (χ0n) is 18.6. The van der Waals surface area contributed by atoms with E-state index in [2.05, 4.69) is 46.5 Å². The molecule has 0 atom stereocenters. The lowest BCUT2D eigenvalue weighted by molar-refractivity contribution is -0.120. The smallest absolute Gasteiger partial charge is 0.226 e. The fourth-order valence-corrected chi connectivity index (χ4v) is 4.05. The standard InChI is InChI=1S/C26H25N3O3S/c1-18-3-6-21(7-4-18)26-29-22(17-33-26)14-25(30)28-15-20-5-8-23(24(13-20)31-2)32-16-19-9-11-27-12-10-19/h3-13,17H,14-16H2,1-2H3,(H,28,30). The maximum atomic E-state index is 12.4. The summed E-state index contributed by atoms with van der Waals surface area (Å²) in [6.45, 7) is 2.88. The van der Waals surface area contributed by atoms with Crippen LogP contribution in [0.4, 0.5) is 0 Å². The summed E-state index contributed by atoms with van der Waals surface area (Å²) >= 11 is 1.55. The summed E-state index contributed by atoms with van der Waals surface area (Å²) in [5, 5.41) is 5.81. The maximum Gasteiger partial charge on any atom is 0.226 e. The number of aryl methyl sites for hydroxylation is 1. The van der Waals surface area contributed by atoms with Crippen molar-refractivity contribution >= 4 is 17.2 Å². The van der Waals surface area contributed by atoms with Gasteiger partial charge in [0.05, 0.1) is 19.2 Å². The van der Waals surface area contributed by atoms with Gasteiger partial charge in [-0.2, -0.15) is 0 Å². The Hall–Kier alpha value is -3.71. The highest BCUT2D eigenvalue weighted by Crippen LogP contribution is 2.29. The molecule has 0 aliphatic rings. The second-order valence-electron chi connectivity index (χ2n) is 7.59. The minimum absolute atomic E-state index is 0.0762. The molecule has 7 heteroatoms. The van der Waals surface area contributed by atoms with Crippen molar-refractivity contribution in [3.63, 3.8) is 0 Å². The van der Waals surface area contributed by atoms with Crippen molar-refractivity contribution < 1.29 is 14.3 Å². The average molecular weight is 460 g/mol. The van der Waals surface area contributed by atoms with Crippen molar-refractivity contribution in [2.75, 3.05) is 7.11 Å². The fourth-order valence-electron chi connectivity index (χ4n) is 3.23. The molecule has 0 spiro atoms. The molecule has 6 nitrogen and oxygen atoms in total. The Bertz CT molecular complexity index is 1210. The monoisotopic (exact) mass is 459 g/mol. The minimum atomic E-state index is -0.0762. The normalized spacial score (nSPS) is 10.6. The summed E-state index contributed by atoms with van der Waals surface area (Å²) < 4.78 is 11.3. The summed E-state index contributed by atoms with van der Waals surface area (Å²) in [6.07, 6.45) is 3.71.